The number of esters is 1. The van der Waals surface area contributed by atoms with Gasteiger partial charge in [0.2, 0.25) is 0 Å². The summed E-state index contributed by atoms with van der Waals surface area (Å²) in [5, 5.41) is 9.42. The summed E-state index contributed by atoms with van der Waals surface area (Å²) < 4.78 is 10.6. The number of carbonyl (C=O) groups excluding carboxylic acids is 2. The van der Waals surface area contributed by atoms with Gasteiger partial charge in [-0.1, -0.05) is 6.92 Å². The number of nitrogens with zero attached hydrogens (tertiary/aromatic N) is 1. The minimum absolute atomic E-state index is 0.0813. The van der Waals surface area contributed by atoms with Crippen molar-refractivity contribution in [3.63, 3.8) is 0 Å². The molecule has 0 aromatic carbocycles. The van der Waals surface area contributed by atoms with Gasteiger partial charge in [-0.15, -0.1) is 0 Å². The molecule has 0 bridgehead atoms. The summed E-state index contributed by atoms with van der Waals surface area (Å²) in [6, 6.07) is 2.81. The first-order chi connectivity index (χ1) is 10.0. The Morgan fingerprint density at radius 3 is 2.62 bits per heavy atom. The monoisotopic (exact) mass is 361 g/mol. The van der Waals surface area contributed by atoms with Crippen molar-refractivity contribution in [2.45, 2.75) is 32.7 Å². The normalized spacial score (nSPS) is 12.0. The van der Waals surface area contributed by atoms with Gasteiger partial charge >= 0.3 is 5.97 Å². The maximum absolute atomic E-state index is 12.4. The molecule has 1 aromatic rings. The van der Waals surface area contributed by atoms with Gasteiger partial charge in [-0.25, -0.2) is 0 Å². The van der Waals surface area contributed by atoms with E-state index in [0.717, 1.165) is 0 Å². The van der Waals surface area contributed by atoms with E-state index in [2.05, 4.69) is 15.9 Å². The lowest BCUT2D eigenvalue weighted by atomic mass is 10.1. The number of aliphatic hydroxyl groups excluding tert-OH is 1. The third-order valence-electron chi connectivity index (χ3n) is 3.03. The largest absolute Gasteiger partial charge is 0.466 e. The molecule has 6 nitrogen and oxygen atoms in total. The zero-order valence-corrected chi connectivity index (χ0v) is 13.8. The predicted molar refractivity (Wildman–Crippen MR) is 79.9 cm³/mol. The Kier molecular flexibility index (Phi) is 7.45. The molecule has 0 aliphatic heterocycles. The summed E-state index contributed by atoms with van der Waals surface area (Å²) >= 11 is 3.14. The zero-order valence-electron chi connectivity index (χ0n) is 12.2. The number of rotatable bonds is 8. The van der Waals surface area contributed by atoms with E-state index in [0.29, 0.717) is 17.7 Å². The molecule has 1 amide bonds. The number of aliphatic hydroxyl groups is 1. The van der Waals surface area contributed by atoms with Crippen LogP contribution in [0.5, 0.6) is 0 Å². The first kappa shape index (κ1) is 17.7. The quantitative estimate of drug-likeness (QED) is 0.718. The van der Waals surface area contributed by atoms with Crippen molar-refractivity contribution in [3.05, 3.63) is 22.6 Å². The van der Waals surface area contributed by atoms with Crippen molar-refractivity contribution >= 4 is 27.8 Å². The Balaban J connectivity index is 2.81. The first-order valence-electron chi connectivity index (χ1n) is 6.86. The molecule has 0 radical (unpaired) electrons. The highest BCUT2D eigenvalue weighted by Gasteiger charge is 2.26. The van der Waals surface area contributed by atoms with Gasteiger partial charge in [0.1, 0.15) is 0 Å². The van der Waals surface area contributed by atoms with Crippen LogP contribution in [0.1, 0.15) is 37.2 Å². The van der Waals surface area contributed by atoms with Crippen LogP contribution in [0.25, 0.3) is 0 Å². The van der Waals surface area contributed by atoms with E-state index in [9.17, 15) is 14.7 Å². The number of ether oxygens (including phenoxy) is 1. The van der Waals surface area contributed by atoms with Crippen LogP contribution in [0.4, 0.5) is 0 Å². The summed E-state index contributed by atoms with van der Waals surface area (Å²) in [6.45, 7) is 3.89. The van der Waals surface area contributed by atoms with E-state index < -0.39 is 0 Å². The van der Waals surface area contributed by atoms with Gasteiger partial charge < -0.3 is 19.2 Å². The smallest absolute Gasteiger partial charge is 0.307 e. The van der Waals surface area contributed by atoms with Crippen molar-refractivity contribution in [2.24, 2.45) is 0 Å². The molecule has 118 valence electrons. The Bertz CT molecular complexity index is 470. The van der Waals surface area contributed by atoms with E-state index in [1.54, 1.807) is 19.1 Å². The molecule has 1 unspecified atom stereocenters. The lowest BCUT2D eigenvalue weighted by Gasteiger charge is -2.28. The highest BCUT2D eigenvalue weighted by atomic mass is 79.9. The van der Waals surface area contributed by atoms with E-state index in [-0.39, 0.29) is 43.3 Å². The minimum Gasteiger partial charge on any atom is -0.466 e. The molecule has 0 fully saturated rings. The van der Waals surface area contributed by atoms with Crippen LogP contribution in [-0.2, 0) is 9.53 Å². The lowest BCUT2D eigenvalue weighted by Crippen LogP contribution is -2.43. The second-order valence-electron chi connectivity index (χ2n) is 4.40. The second kappa shape index (κ2) is 8.84. The van der Waals surface area contributed by atoms with Gasteiger partial charge in [0.15, 0.2) is 10.4 Å². The standard InChI is InChI=1S/C14H20BrNO5/c1-3-10(9-17)16(8-7-13(18)20-4-2)14(19)11-5-6-12(15)21-11/h5-6,10,17H,3-4,7-9H2,1-2H3. The fourth-order valence-electron chi connectivity index (χ4n) is 1.91. The average molecular weight is 362 g/mol. The highest BCUT2D eigenvalue weighted by molar-refractivity contribution is 9.10. The molecule has 0 aliphatic rings. The van der Waals surface area contributed by atoms with E-state index >= 15 is 0 Å². The Labute approximate surface area is 132 Å². The molecule has 0 aliphatic carbocycles. The van der Waals surface area contributed by atoms with Crippen LogP contribution in [0.2, 0.25) is 0 Å². The third kappa shape index (κ3) is 5.17. The third-order valence-corrected chi connectivity index (χ3v) is 3.46. The number of amides is 1. The molecule has 1 aromatic heterocycles. The molecule has 1 rings (SSSR count). The summed E-state index contributed by atoms with van der Waals surface area (Å²) in [5.74, 6) is -0.563. The summed E-state index contributed by atoms with van der Waals surface area (Å²) in [6.07, 6.45) is 0.658. The topological polar surface area (TPSA) is 80.0 Å². The fourth-order valence-corrected chi connectivity index (χ4v) is 2.22. The van der Waals surface area contributed by atoms with Gasteiger partial charge in [-0.2, -0.15) is 0 Å². The second-order valence-corrected chi connectivity index (χ2v) is 5.18. The van der Waals surface area contributed by atoms with Crippen LogP contribution < -0.4 is 0 Å². The summed E-state index contributed by atoms with van der Waals surface area (Å²) in [7, 11) is 0. The molecule has 1 atom stereocenters. The number of hydrogen-bond acceptors (Lipinski definition) is 5. The van der Waals surface area contributed by atoms with Crippen molar-refractivity contribution in [2.75, 3.05) is 19.8 Å². The molecule has 1 heterocycles. The van der Waals surface area contributed by atoms with Crippen LogP contribution in [0.15, 0.2) is 21.2 Å². The Hall–Kier alpha value is -1.34. The molecular formula is C14H20BrNO5. The van der Waals surface area contributed by atoms with Crippen LogP contribution in [0, 0.1) is 0 Å². The highest BCUT2D eigenvalue weighted by Crippen LogP contribution is 2.18. The van der Waals surface area contributed by atoms with E-state index in [1.807, 2.05) is 6.92 Å². The average Bonchev–Trinajstić information content (AvgIpc) is 2.89. The van der Waals surface area contributed by atoms with Gasteiger partial charge in [0, 0.05) is 6.54 Å². The fraction of sp³-hybridized carbons (Fsp3) is 0.571. The van der Waals surface area contributed by atoms with Crippen molar-refractivity contribution in [3.8, 4) is 0 Å². The Morgan fingerprint density at radius 2 is 2.14 bits per heavy atom. The molecule has 0 saturated heterocycles. The lowest BCUT2D eigenvalue weighted by molar-refractivity contribution is -0.143. The van der Waals surface area contributed by atoms with Gasteiger partial charge in [0.05, 0.1) is 25.7 Å². The van der Waals surface area contributed by atoms with Gasteiger partial charge in [0.25, 0.3) is 5.91 Å². The summed E-state index contributed by atoms with van der Waals surface area (Å²) in [4.78, 5) is 25.3. The van der Waals surface area contributed by atoms with E-state index in [1.165, 1.54) is 4.90 Å². The van der Waals surface area contributed by atoms with E-state index in [4.69, 9.17) is 9.15 Å². The molecule has 0 spiro atoms. The number of carbonyl (C=O) groups is 2. The maximum Gasteiger partial charge on any atom is 0.307 e. The van der Waals surface area contributed by atoms with Crippen LogP contribution in [-0.4, -0.2) is 47.7 Å². The number of halogens is 1. The number of hydrogen-bond donors (Lipinski definition) is 1. The van der Waals surface area contributed by atoms with Crippen molar-refractivity contribution in [1.82, 2.24) is 4.90 Å². The molecule has 1 N–H and O–H groups in total. The Morgan fingerprint density at radius 1 is 1.43 bits per heavy atom. The van der Waals surface area contributed by atoms with Gasteiger partial charge in [-0.3, -0.25) is 9.59 Å². The summed E-state index contributed by atoms with van der Waals surface area (Å²) in [5.41, 5.74) is 0. The molecular weight excluding hydrogens is 342 g/mol. The predicted octanol–water partition coefficient (Wildman–Crippen LogP) is 2.21. The molecule has 0 saturated carbocycles. The minimum atomic E-state index is -0.372. The number of furan rings is 1. The van der Waals surface area contributed by atoms with Crippen LogP contribution in [0.3, 0.4) is 0 Å². The zero-order chi connectivity index (χ0) is 15.8. The first-order valence-corrected chi connectivity index (χ1v) is 7.65. The van der Waals surface area contributed by atoms with Gasteiger partial charge in [-0.05, 0) is 41.4 Å². The molecule has 21 heavy (non-hydrogen) atoms. The molecule has 7 heteroatoms. The SMILES string of the molecule is CCOC(=O)CCN(C(=O)c1ccc(Br)o1)C(CC)CO. The van der Waals surface area contributed by atoms with Crippen molar-refractivity contribution in [1.29, 1.82) is 0 Å². The van der Waals surface area contributed by atoms with Crippen molar-refractivity contribution < 1.29 is 23.8 Å². The maximum atomic E-state index is 12.4. The van der Waals surface area contributed by atoms with Crippen LogP contribution >= 0.6 is 15.9 Å².